The van der Waals surface area contributed by atoms with Crippen LogP contribution in [0.2, 0.25) is 0 Å². The van der Waals surface area contributed by atoms with Crippen molar-refractivity contribution in [1.29, 1.82) is 0 Å². The van der Waals surface area contributed by atoms with Gasteiger partial charge in [-0.1, -0.05) is 0 Å². The molecule has 1 saturated heterocycles. The fourth-order valence-electron chi connectivity index (χ4n) is 4.18. The summed E-state index contributed by atoms with van der Waals surface area (Å²) in [6.45, 7) is 5.41. The van der Waals surface area contributed by atoms with E-state index in [1.54, 1.807) is 20.8 Å². The molecular weight excluding hydrogens is 456 g/mol. The Kier molecular flexibility index (Phi) is 5.32. The third-order valence-electron chi connectivity index (χ3n) is 5.32. The third-order valence-corrected chi connectivity index (χ3v) is 7.63. The largest absolute Gasteiger partial charge is 0.444 e. The van der Waals surface area contributed by atoms with E-state index in [4.69, 9.17) is 4.74 Å². The van der Waals surface area contributed by atoms with Crippen molar-refractivity contribution in [2.75, 3.05) is 12.8 Å². The Morgan fingerprint density at radius 1 is 1.32 bits per heavy atom. The van der Waals surface area contributed by atoms with Crippen LogP contribution in [0.5, 0.6) is 0 Å². The lowest BCUT2D eigenvalue weighted by molar-refractivity contribution is 0.0220. The molecular formula is C19H24BrF2NO4S. The number of hydrogen-bond donors (Lipinski definition) is 0. The first-order valence-corrected chi connectivity index (χ1v) is 11.8. The van der Waals surface area contributed by atoms with E-state index in [1.165, 1.54) is 4.90 Å². The number of hydrogen-bond acceptors (Lipinski definition) is 4. The van der Waals surface area contributed by atoms with Gasteiger partial charge >= 0.3 is 6.09 Å². The maximum Gasteiger partial charge on any atom is 0.410 e. The monoisotopic (exact) mass is 479 g/mol. The maximum absolute atomic E-state index is 14.6. The number of amides is 1. The topological polar surface area (TPSA) is 63.7 Å². The van der Waals surface area contributed by atoms with Crippen molar-refractivity contribution in [2.24, 2.45) is 5.41 Å². The second-order valence-corrected chi connectivity index (χ2v) is 11.9. The zero-order valence-electron chi connectivity index (χ0n) is 16.3. The Balaban J connectivity index is 2.02. The Hall–Kier alpha value is -1.22. The highest BCUT2D eigenvalue weighted by molar-refractivity contribution is 9.10. The molecule has 1 saturated carbocycles. The van der Waals surface area contributed by atoms with Crippen molar-refractivity contribution < 1.29 is 26.7 Å². The molecule has 0 bridgehead atoms. The molecule has 28 heavy (non-hydrogen) atoms. The van der Waals surface area contributed by atoms with Crippen molar-refractivity contribution >= 4 is 31.9 Å². The van der Waals surface area contributed by atoms with Gasteiger partial charge in [0, 0.05) is 18.2 Å². The summed E-state index contributed by atoms with van der Waals surface area (Å²) in [4.78, 5) is 14.2. The highest BCUT2D eigenvalue weighted by atomic mass is 79.9. The van der Waals surface area contributed by atoms with Gasteiger partial charge in [0.05, 0.1) is 15.8 Å². The van der Waals surface area contributed by atoms with Crippen LogP contribution in [0.15, 0.2) is 16.6 Å². The van der Waals surface area contributed by atoms with Gasteiger partial charge in [-0.2, -0.15) is 0 Å². The summed E-state index contributed by atoms with van der Waals surface area (Å²) in [5.74, 6) is -1.29. The Labute approximate surface area is 172 Å². The van der Waals surface area contributed by atoms with Crippen LogP contribution < -0.4 is 0 Å². The van der Waals surface area contributed by atoms with Crippen LogP contribution >= 0.6 is 15.9 Å². The van der Waals surface area contributed by atoms with Crippen LogP contribution in [-0.2, 0) is 21.0 Å². The number of likely N-dealkylation sites (tertiary alicyclic amines) is 1. The molecule has 1 heterocycles. The van der Waals surface area contributed by atoms with Gasteiger partial charge < -0.3 is 9.64 Å². The Morgan fingerprint density at radius 2 is 1.93 bits per heavy atom. The minimum Gasteiger partial charge on any atom is -0.444 e. The summed E-state index contributed by atoms with van der Waals surface area (Å²) in [6, 6.07) is 1.23. The van der Waals surface area contributed by atoms with Gasteiger partial charge in [-0.15, -0.1) is 0 Å². The van der Waals surface area contributed by atoms with Crippen LogP contribution in [0, 0.1) is 17.0 Å². The molecule has 1 amide bonds. The molecule has 2 atom stereocenters. The summed E-state index contributed by atoms with van der Waals surface area (Å²) in [5, 5.41) is -0.839. The van der Waals surface area contributed by atoms with E-state index in [1.807, 2.05) is 0 Å². The molecule has 156 valence electrons. The molecule has 0 aromatic heterocycles. The quantitative estimate of drug-likeness (QED) is 0.612. The van der Waals surface area contributed by atoms with Gasteiger partial charge in [-0.3, -0.25) is 0 Å². The first-order valence-electron chi connectivity index (χ1n) is 9.05. The second-order valence-electron chi connectivity index (χ2n) is 8.85. The molecule has 1 aliphatic carbocycles. The molecule has 9 heteroatoms. The van der Waals surface area contributed by atoms with E-state index in [9.17, 15) is 22.0 Å². The van der Waals surface area contributed by atoms with E-state index in [0.717, 1.165) is 18.4 Å². The lowest BCUT2D eigenvalue weighted by atomic mass is 9.97. The number of halogens is 3. The Morgan fingerprint density at radius 3 is 2.43 bits per heavy atom. The minimum atomic E-state index is -3.54. The van der Waals surface area contributed by atoms with Crippen molar-refractivity contribution in [3.63, 3.8) is 0 Å². The fourth-order valence-corrected chi connectivity index (χ4v) is 6.69. The first kappa shape index (κ1) is 21.5. The van der Waals surface area contributed by atoms with Crippen LogP contribution in [0.4, 0.5) is 13.6 Å². The van der Waals surface area contributed by atoms with Crippen molar-refractivity contribution in [3.8, 4) is 0 Å². The van der Waals surface area contributed by atoms with Crippen LogP contribution in [-0.4, -0.2) is 49.1 Å². The van der Waals surface area contributed by atoms with Gasteiger partial charge in [-0.25, -0.2) is 22.0 Å². The molecule has 0 unspecified atom stereocenters. The van der Waals surface area contributed by atoms with Crippen LogP contribution in [0.1, 0.15) is 39.2 Å². The minimum absolute atomic E-state index is 0.0248. The summed E-state index contributed by atoms with van der Waals surface area (Å²) in [6.07, 6.45) is 1.75. The smallest absolute Gasteiger partial charge is 0.410 e. The van der Waals surface area contributed by atoms with E-state index in [2.05, 4.69) is 15.9 Å². The van der Waals surface area contributed by atoms with E-state index in [-0.39, 0.29) is 23.0 Å². The number of sulfone groups is 1. The normalized spacial score (nSPS) is 23.9. The van der Waals surface area contributed by atoms with E-state index < -0.39 is 49.9 Å². The standard InChI is InChI=1S/C19H24BrF2NO4S/c1-18(2,3)27-17(24)23-10-19(5-6-19)16(28(4,25)26)14(23)8-11-7-12(21)9-13(20)15(11)22/h7,9,14,16H,5-6,8,10H2,1-4H3/t14-,16+/m0/s1. The molecule has 0 N–H and O–H groups in total. The van der Waals surface area contributed by atoms with Crippen molar-refractivity contribution in [1.82, 2.24) is 4.90 Å². The number of benzene rings is 1. The highest BCUT2D eigenvalue weighted by Crippen LogP contribution is 2.58. The highest BCUT2D eigenvalue weighted by Gasteiger charge is 2.64. The van der Waals surface area contributed by atoms with Gasteiger partial charge in [0.25, 0.3) is 0 Å². The lowest BCUT2D eigenvalue weighted by Crippen LogP contribution is -2.46. The fraction of sp³-hybridized carbons (Fsp3) is 0.632. The number of rotatable bonds is 3. The van der Waals surface area contributed by atoms with Crippen molar-refractivity contribution in [3.05, 3.63) is 33.8 Å². The van der Waals surface area contributed by atoms with Gasteiger partial charge in [0.15, 0.2) is 9.84 Å². The number of nitrogens with zero attached hydrogens (tertiary/aromatic N) is 1. The molecule has 1 spiro atoms. The maximum atomic E-state index is 14.6. The molecule has 1 aromatic carbocycles. The van der Waals surface area contributed by atoms with Crippen LogP contribution in [0.3, 0.4) is 0 Å². The van der Waals surface area contributed by atoms with Gasteiger partial charge in [-0.05, 0) is 73.7 Å². The third kappa shape index (κ3) is 4.20. The molecule has 0 radical (unpaired) electrons. The van der Waals surface area contributed by atoms with Gasteiger partial charge in [0.2, 0.25) is 0 Å². The van der Waals surface area contributed by atoms with E-state index in [0.29, 0.717) is 12.8 Å². The average Bonchev–Trinajstić information content (AvgIpc) is 3.17. The zero-order valence-corrected chi connectivity index (χ0v) is 18.7. The average molecular weight is 480 g/mol. The second kappa shape index (κ2) is 6.93. The lowest BCUT2D eigenvalue weighted by Gasteiger charge is -2.30. The number of ether oxygens (including phenoxy) is 1. The van der Waals surface area contributed by atoms with Gasteiger partial charge in [0.1, 0.15) is 17.2 Å². The number of carbonyl (C=O) groups excluding carboxylic acids is 1. The molecule has 5 nitrogen and oxygen atoms in total. The van der Waals surface area contributed by atoms with Crippen molar-refractivity contribution in [2.45, 2.75) is 56.9 Å². The molecule has 2 fully saturated rings. The zero-order chi connectivity index (χ0) is 21.1. The molecule has 3 rings (SSSR count). The van der Waals surface area contributed by atoms with Crippen LogP contribution in [0.25, 0.3) is 0 Å². The summed E-state index contributed by atoms with van der Waals surface area (Å²) in [7, 11) is -3.54. The number of carbonyl (C=O) groups is 1. The summed E-state index contributed by atoms with van der Waals surface area (Å²) < 4.78 is 59.0. The summed E-state index contributed by atoms with van der Waals surface area (Å²) in [5.41, 5.74) is -1.26. The molecule has 1 aromatic rings. The first-order chi connectivity index (χ1) is 12.7. The summed E-state index contributed by atoms with van der Waals surface area (Å²) >= 11 is 2.98. The molecule has 1 aliphatic heterocycles. The molecule has 2 aliphatic rings. The SMILES string of the molecule is CC(C)(C)OC(=O)N1CC2(CC2)[C@H](S(C)(=O)=O)[C@@H]1Cc1cc(F)cc(Br)c1F. The predicted molar refractivity (Wildman–Crippen MR) is 105 cm³/mol. The Bertz CT molecular complexity index is 909. The predicted octanol–water partition coefficient (Wildman–Crippen LogP) is 4.08. The van der Waals surface area contributed by atoms with E-state index >= 15 is 0 Å².